The Kier molecular flexibility index (Phi) is 5.70. The van der Waals surface area contributed by atoms with Crippen LogP contribution < -0.4 is 5.32 Å². The summed E-state index contributed by atoms with van der Waals surface area (Å²) in [7, 11) is 0. The van der Waals surface area contributed by atoms with Crippen LogP contribution in [0.5, 0.6) is 0 Å². The van der Waals surface area contributed by atoms with Crippen molar-refractivity contribution >= 4 is 23.6 Å². The van der Waals surface area contributed by atoms with Crippen molar-refractivity contribution in [2.75, 3.05) is 0 Å². The SMILES string of the molecule is O=C(NC1CC1)c1ccc(CN(C(=O)c2ccc(CN3C(=O)CCC3=O)cc2)C2CC2)cc1. The Balaban J connectivity index is 1.23. The van der Waals surface area contributed by atoms with Gasteiger partial charge in [0, 0.05) is 42.6 Å². The summed E-state index contributed by atoms with van der Waals surface area (Å²) in [5, 5.41) is 2.99. The van der Waals surface area contributed by atoms with Gasteiger partial charge in [0.2, 0.25) is 11.8 Å². The van der Waals surface area contributed by atoms with Crippen molar-refractivity contribution in [1.29, 1.82) is 0 Å². The summed E-state index contributed by atoms with van der Waals surface area (Å²) in [5.41, 5.74) is 3.04. The monoisotopic (exact) mass is 445 g/mol. The van der Waals surface area contributed by atoms with Crippen LogP contribution in [-0.4, -0.2) is 45.5 Å². The number of hydrogen-bond donors (Lipinski definition) is 1. The zero-order valence-electron chi connectivity index (χ0n) is 18.5. The first-order chi connectivity index (χ1) is 16.0. The number of rotatable bonds is 8. The molecule has 33 heavy (non-hydrogen) atoms. The van der Waals surface area contributed by atoms with E-state index in [1.165, 1.54) is 4.90 Å². The van der Waals surface area contributed by atoms with Crippen LogP contribution in [0.15, 0.2) is 48.5 Å². The summed E-state index contributed by atoms with van der Waals surface area (Å²) in [6.45, 7) is 0.742. The lowest BCUT2D eigenvalue weighted by Crippen LogP contribution is -2.32. The van der Waals surface area contributed by atoms with Crippen molar-refractivity contribution in [2.24, 2.45) is 0 Å². The summed E-state index contributed by atoms with van der Waals surface area (Å²) in [4.78, 5) is 52.3. The molecule has 3 fully saturated rings. The lowest BCUT2D eigenvalue weighted by atomic mass is 10.1. The summed E-state index contributed by atoms with van der Waals surface area (Å²) >= 11 is 0. The maximum absolute atomic E-state index is 13.2. The fourth-order valence-corrected chi connectivity index (χ4v) is 4.11. The number of nitrogens with zero attached hydrogens (tertiary/aromatic N) is 2. The predicted molar refractivity (Wildman–Crippen MR) is 121 cm³/mol. The van der Waals surface area contributed by atoms with Crippen LogP contribution in [0.25, 0.3) is 0 Å². The molecule has 2 aromatic carbocycles. The summed E-state index contributed by atoms with van der Waals surface area (Å²) in [6, 6.07) is 15.2. The van der Waals surface area contributed by atoms with Gasteiger partial charge in [-0.1, -0.05) is 24.3 Å². The number of nitrogens with one attached hydrogen (secondary N) is 1. The van der Waals surface area contributed by atoms with Crippen molar-refractivity contribution in [2.45, 2.75) is 63.7 Å². The highest BCUT2D eigenvalue weighted by molar-refractivity contribution is 6.02. The van der Waals surface area contributed by atoms with Crippen LogP contribution in [0.4, 0.5) is 0 Å². The molecule has 2 aliphatic carbocycles. The maximum Gasteiger partial charge on any atom is 0.254 e. The van der Waals surface area contributed by atoms with E-state index in [0.29, 0.717) is 23.7 Å². The lowest BCUT2D eigenvalue weighted by Gasteiger charge is -2.23. The number of hydrogen-bond acceptors (Lipinski definition) is 4. The topological polar surface area (TPSA) is 86.8 Å². The highest BCUT2D eigenvalue weighted by Crippen LogP contribution is 2.30. The Hall–Kier alpha value is -3.48. The van der Waals surface area contributed by atoms with Crippen LogP contribution in [0.2, 0.25) is 0 Å². The Morgan fingerprint density at radius 2 is 1.39 bits per heavy atom. The minimum absolute atomic E-state index is 0.0343. The van der Waals surface area contributed by atoms with E-state index in [9.17, 15) is 19.2 Å². The molecule has 0 radical (unpaired) electrons. The Morgan fingerprint density at radius 1 is 0.818 bits per heavy atom. The molecule has 1 heterocycles. The highest BCUT2D eigenvalue weighted by atomic mass is 16.2. The first-order valence-electron chi connectivity index (χ1n) is 11.6. The second-order valence-corrected chi connectivity index (χ2v) is 9.18. The molecule has 5 rings (SSSR count). The number of carbonyl (C=O) groups excluding carboxylic acids is 4. The Labute approximate surface area is 192 Å². The van der Waals surface area contributed by atoms with Crippen LogP contribution in [0, 0.1) is 0 Å². The molecule has 0 unspecified atom stereocenters. The molecule has 0 spiro atoms. The molecule has 1 saturated heterocycles. The molecular formula is C26H27N3O4. The number of likely N-dealkylation sites (tertiary alicyclic amines) is 1. The molecule has 2 saturated carbocycles. The van der Waals surface area contributed by atoms with Crippen molar-refractivity contribution in [3.63, 3.8) is 0 Å². The van der Waals surface area contributed by atoms with Gasteiger partial charge in [-0.05, 0) is 61.1 Å². The van der Waals surface area contributed by atoms with E-state index >= 15 is 0 Å². The first-order valence-corrected chi connectivity index (χ1v) is 11.6. The summed E-state index contributed by atoms with van der Waals surface area (Å²) in [6.07, 6.45) is 4.64. The highest BCUT2D eigenvalue weighted by Gasteiger charge is 2.33. The minimum atomic E-state index is -0.142. The molecule has 2 aromatic rings. The van der Waals surface area contributed by atoms with Gasteiger partial charge in [0.15, 0.2) is 0 Å². The van der Waals surface area contributed by atoms with Crippen molar-refractivity contribution in [1.82, 2.24) is 15.1 Å². The van der Waals surface area contributed by atoms with Crippen molar-refractivity contribution < 1.29 is 19.2 Å². The number of amides is 4. The average molecular weight is 446 g/mol. The van der Waals surface area contributed by atoms with E-state index in [-0.39, 0.29) is 49.1 Å². The van der Waals surface area contributed by atoms with E-state index in [0.717, 1.165) is 36.8 Å². The third-order valence-electron chi connectivity index (χ3n) is 6.43. The Morgan fingerprint density at radius 3 is 1.97 bits per heavy atom. The van der Waals surface area contributed by atoms with Gasteiger partial charge in [-0.3, -0.25) is 24.1 Å². The molecule has 170 valence electrons. The molecule has 7 nitrogen and oxygen atoms in total. The average Bonchev–Trinajstić information content (AvgIpc) is 3.75. The molecule has 3 aliphatic rings. The van der Waals surface area contributed by atoms with E-state index < -0.39 is 0 Å². The van der Waals surface area contributed by atoms with Crippen LogP contribution >= 0.6 is 0 Å². The van der Waals surface area contributed by atoms with E-state index in [2.05, 4.69) is 5.32 Å². The van der Waals surface area contributed by atoms with E-state index in [4.69, 9.17) is 0 Å². The van der Waals surface area contributed by atoms with Gasteiger partial charge in [0.1, 0.15) is 0 Å². The molecular weight excluding hydrogens is 418 g/mol. The second-order valence-electron chi connectivity index (χ2n) is 9.18. The number of benzene rings is 2. The van der Waals surface area contributed by atoms with Gasteiger partial charge in [-0.2, -0.15) is 0 Å². The fraction of sp³-hybridized carbons (Fsp3) is 0.385. The summed E-state index contributed by atoms with van der Waals surface area (Å²) < 4.78 is 0. The maximum atomic E-state index is 13.2. The van der Waals surface area contributed by atoms with E-state index in [1.54, 1.807) is 12.1 Å². The first kappa shape index (κ1) is 21.4. The lowest BCUT2D eigenvalue weighted by molar-refractivity contribution is -0.139. The zero-order chi connectivity index (χ0) is 22.9. The quantitative estimate of drug-likeness (QED) is 0.633. The molecule has 1 N–H and O–H groups in total. The number of carbonyl (C=O) groups is 4. The molecule has 0 atom stereocenters. The van der Waals surface area contributed by atoms with Gasteiger partial charge >= 0.3 is 0 Å². The molecule has 1 aliphatic heterocycles. The van der Waals surface area contributed by atoms with Gasteiger partial charge in [-0.25, -0.2) is 0 Å². The van der Waals surface area contributed by atoms with Crippen LogP contribution in [-0.2, 0) is 22.7 Å². The van der Waals surface area contributed by atoms with Gasteiger partial charge < -0.3 is 10.2 Å². The van der Waals surface area contributed by atoms with E-state index in [1.807, 2.05) is 41.3 Å². The second kappa shape index (κ2) is 8.81. The molecule has 7 heteroatoms. The van der Waals surface area contributed by atoms with Crippen LogP contribution in [0.3, 0.4) is 0 Å². The number of imide groups is 1. The predicted octanol–water partition coefficient (Wildman–Crippen LogP) is 3.03. The van der Waals surface area contributed by atoms with Crippen molar-refractivity contribution in [3.05, 3.63) is 70.8 Å². The smallest absolute Gasteiger partial charge is 0.254 e. The van der Waals surface area contributed by atoms with Gasteiger partial charge in [-0.15, -0.1) is 0 Å². The summed E-state index contributed by atoms with van der Waals surface area (Å²) in [5.74, 6) is -0.364. The minimum Gasteiger partial charge on any atom is -0.349 e. The standard InChI is InChI=1S/C26H27N3O4/c30-23-13-14-24(31)29(23)16-18-3-7-20(8-4-18)26(33)28(22-11-12-22)15-17-1-5-19(6-2-17)25(32)27-21-9-10-21/h1-8,21-22H,9-16H2,(H,27,32). The van der Waals surface area contributed by atoms with Crippen LogP contribution in [0.1, 0.15) is 70.4 Å². The normalized spacial score (nSPS) is 17.9. The third-order valence-corrected chi connectivity index (χ3v) is 6.43. The zero-order valence-corrected chi connectivity index (χ0v) is 18.5. The molecule has 0 bridgehead atoms. The third kappa shape index (κ3) is 4.97. The molecule has 4 amide bonds. The molecule has 0 aromatic heterocycles. The van der Waals surface area contributed by atoms with Gasteiger partial charge in [0.25, 0.3) is 11.8 Å². The largest absolute Gasteiger partial charge is 0.349 e. The fourth-order valence-electron chi connectivity index (χ4n) is 4.11. The van der Waals surface area contributed by atoms with Crippen molar-refractivity contribution in [3.8, 4) is 0 Å². The Bertz CT molecular complexity index is 1070. The van der Waals surface area contributed by atoms with Gasteiger partial charge in [0.05, 0.1) is 6.54 Å².